The molecule has 0 aliphatic carbocycles. The molecule has 0 bridgehead atoms. The fourth-order valence-electron chi connectivity index (χ4n) is 2.78. The van der Waals surface area contributed by atoms with Gasteiger partial charge >= 0.3 is 0 Å². The van der Waals surface area contributed by atoms with Crippen molar-refractivity contribution in [2.75, 3.05) is 33.0 Å². The molecule has 2 aliphatic rings. The van der Waals surface area contributed by atoms with Gasteiger partial charge in [0.25, 0.3) is 0 Å². The molecule has 0 radical (unpaired) electrons. The summed E-state index contributed by atoms with van der Waals surface area (Å²) in [4.78, 5) is 2.54. The van der Waals surface area contributed by atoms with Crippen LogP contribution in [-0.2, 0) is 16.0 Å². The Bertz CT molecular complexity index is 360. The third-order valence-electron chi connectivity index (χ3n) is 3.85. The van der Waals surface area contributed by atoms with Crippen molar-refractivity contribution in [1.82, 2.24) is 4.90 Å². The van der Waals surface area contributed by atoms with Crippen molar-refractivity contribution in [3.05, 3.63) is 35.9 Å². The van der Waals surface area contributed by atoms with Crippen molar-refractivity contribution >= 4 is 0 Å². The number of hydrogen-bond donors (Lipinski definition) is 0. The standard InChI is InChI=1S/C14H19NO2/c1-2-4-13(5-3-1)10-15-7-9-17-12-14(15)6-8-16-11-14/h1-5H,6-12H2/t14-/m0/s1. The fraction of sp³-hybridized carbons (Fsp3) is 0.571. The van der Waals surface area contributed by atoms with Crippen molar-refractivity contribution < 1.29 is 9.47 Å². The molecule has 1 aromatic rings. The highest BCUT2D eigenvalue weighted by molar-refractivity contribution is 5.15. The first-order chi connectivity index (χ1) is 8.39. The molecular weight excluding hydrogens is 214 g/mol. The highest BCUT2D eigenvalue weighted by Gasteiger charge is 2.42. The summed E-state index contributed by atoms with van der Waals surface area (Å²) in [6, 6.07) is 10.7. The molecule has 3 nitrogen and oxygen atoms in total. The molecule has 0 saturated carbocycles. The lowest BCUT2D eigenvalue weighted by molar-refractivity contribution is -0.0749. The molecule has 1 spiro atoms. The van der Waals surface area contributed by atoms with Crippen molar-refractivity contribution in [2.24, 2.45) is 0 Å². The number of rotatable bonds is 2. The molecule has 0 amide bonds. The van der Waals surface area contributed by atoms with E-state index in [0.717, 1.165) is 45.9 Å². The summed E-state index contributed by atoms with van der Waals surface area (Å²) in [6.45, 7) is 5.37. The zero-order valence-electron chi connectivity index (χ0n) is 10.1. The van der Waals surface area contributed by atoms with Gasteiger partial charge in [0.15, 0.2) is 0 Å². The van der Waals surface area contributed by atoms with Crippen LogP contribution in [0.2, 0.25) is 0 Å². The molecular formula is C14H19NO2. The first kappa shape index (κ1) is 11.2. The van der Waals surface area contributed by atoms with E-state index in [1.54, 1.807) is 0 Å². The second-order valence-electron chi connectivity index (χ2n) is 4.99. The Balaban J connectivity index is 1.76. The van der Waals surface area contributed by atoms with E-state index in [4.69, 9.17) is 9.47 Å². The molecule has 17 heavy (non-hydrogen) atoms. The van der Waals surface area contributed by atoms with E-state index < -0.39 is 0 Å². The van der Waals surface area contributed by atoms with Gasteiger partial charge in [-0.2, -0.15) is 0 Å². The van der Waals surface area contributed by atoms with Crippen molar-refractivity contribution in [1.29, 1.82) is 0 Å². The molecule has 2 saturated heterocycles. The van der Waals surface area contributed by atoms with Crippen LogP contribution in [0, 0.1) is 0 Å². The van der Waals surface area contributed by atoms with Crippen LogP contribution >= 0.6 is 0 Å². The second kappa shape index (κ2) is 4.77. The van der Waals surface area contributed by atoms with E-state index >= 15 is 0 Å². The summed E-state index contributed by atoms with van der Waals surface area (Å²) in [6.07, 6.45) is 1.10. The Hall–Kier alpha value is -0.900. The largest absolute Gasteiger partial charge is 0.379 e. The highest BCUT2D eigenvalue weighted by Crippen LogP contribution is 2.30. The van der Waals surface area contributed by atoms with E-state index in [1.807, 2.05) is 0 Å². The van der Waals surface area contributed by atoms with Gasteiger partial charge in [-0.15, -0.1) is 0 Å². The lowest BCUT2D eigenvalue weighted by Crippen LogP contribution is -2.56. The number of nitrogens with zero attached hydrogens (tertiary/aromatic N) is 1. The van der Waals surface area contributed by atoms with E-state index in [-0.39, 0.29) is 5.54 Å². The van der Waals surface area contributed by atoms with Crippen LogP contribution in [-0.4, -0.2) is 43.4 Å². The molecule has 1 aromatic carbocycles. The summed E-state index contributed by atoms with van der Waals surface area (Å²) in [5, 5.41) is 0. The normalized spacial score (nSPS) is 29.9. The van der Waals surface area contributed by atoms with Crippen LogP contribution in [0.5, 0.6) is 0 Å². The van der Waals surface area contributed by atoms with Gasteiger partial charge in [-0.3, -0.25) is 4.90 Å². The van der Waals surface area contributed by atoms with E-state index in [1.165, 1.54) is 5.56 Å². The predicted molar refractivity (Wildman–Crippen MR) is 65.8 cm³/mol. The maximum atomic E-state index is 5.65. The Morgan fingerprint density at radius 1 is 1.06 bits per heavy atom. The van der Waals surface area contributed by atoms with Crippen LogP contribution in [0.25, 0.3) is 0 Å². The summed E-state index contributed by atoms with van der Waals surface area (Å²) < 4.78 is 11.2. The van der Waals surface area contributed by atoms with Gasteiger partial charge in [0.05, 0.1) is 25.4 Å². The van der Waals surface area contributed by atoms with Crippen molar-refractivity contribution in [3.8, 4) is 0 Å². The third kappa shape index (κ3) is 2.23. The lowest BCUT2D eigenvalue weighted by Gasteiger charge is -2.43. The molecule has 0 unspecified atom stereocenters. The average Bonchev–Trinajstić information content (AvgIpc) is 2.83. The number of benzene rings is 1. The maximum absolute atomic E-state index is 5.65. The van der Waals surface area contributed by atoms with Gasteiger partial charge in [-0.05, 0) is 12.0 Å². The first-order valence-corrected chi connectivity index (χ1v) is 6.34. The number of hydrogen-bond acceptors (Lipinski definition) is 3. The van der Waals surface area contributed by atoms with Gasteiger partial charge in [-0.1, -0.05) is 30.3 Å². The van der Waals surface area contributed by atoms with E-state index in [0.29, 0.717) is 0 Å². The SMILES string of the molecule is c1ccc(CN2CCOC[C@@]23CCOC3)cc1. The van der Waals surface area contributed by atoms with Gasteiger partial charge < -0.3 is 9.47 Å². The molecule has 3 rings (SSSR count). The topological polar surface area (TPSA) is 21.7 Å². The number of ether oxygens (including phenoxy) is 2. The molecule has 2 heterocycles. The Labute approximate surface area is 102 Å². The van der Waals surface area contributed by atoms with Gasteiger partial charge in [-0.25, -0.2) is 0 Å². The minimum Gasteiger partial charge on any atom is -0.379 e. The quantitative estimate of drug-likeness (QED) is 0.775. The molecule has 2 fully saturated rings. The van der Waals surface area contributed by atoms with E-state index in [9.17, 15) is 0 Å². The van der Waals surface area contributed by atoms with Crippen molar-refractivity contribution in [3.63, 3.8) is 0 Å². The van der Waals surface area contributed by atoms with Gasteiger partial charge in [0.1, 0.15) is 0 Å². The lowest BCUT2D eigenvalue weighted by atomic mass is 9.95. The zero-order chi connectivity index (χ0) is 11.6. The summed E-state index contributed by atoms with van der Waals surface area (Å²) >= 11 is 0. The third-order valence-corrected chi connectivity index (χ3v) is 3.85. The van der Waals surface area contributed by atoms with E-state index in [2.05, 4.69) is 35.2 Å². The highest BCUT2D eigenvalue weighted by atomic mass is 16.5. The monoisotopic (exact) mass is 233 g/mol. The van der Waals surface area contributed by atoms with Crippen LogP contribution in [0.3, 0.4) is 0 Å². The Morgan fingerprint density at radius 3 is 2.59 bits per heavy atom. The first-order valence-electron chi connectivity index (χ1n) is 6.34. The maximum Gasteiger partial charge on any atom is 0.0704 e. The van der Waals surface area contributed by atoms with Crippen LogP contribution < -0.4 is 0 Å². The minimum absolute atomic E-state index is 0.133. The zero-order valence-corrected chi connectivity index (χ0v) is 10.1. The fourth-order valence-corrected chi connectivity index (χ4v) is 2.78. The average molecular weight is 233 g/mol. The molecule has 0 N–H and O–H groups in total. The van der Waals surface area contributed by atoms with Crippen LogP contribution in [0.1, 0.15) is 12.0 Å². The Morgan fingerprint density at radius 2 is 1.82 bits per heavy atom. The second-order valence-corrected chi connectivity index (χ2v) is 4.99. The molecule has 0 aromatic heterocycles. The Kier molecular flexibility index (Phi) is 3.14. The van der Waals surface area contributed by atoms with Crippen LogP contribution in [0.15, 0.2) is 30.3 Å². The molecule has 2 aliphatic heterocycles. The summed E-state index contributed by atoms with van der Waals surface area (Å²) in [5.41, 5.74) is 1.51. The molecule has 1 atom stereocenters. The summed E-state index contributed by atoms with van der Waals surface area (Å²) in [7, 11) is 0. The smallest absolute Gasteiger partial charge is 0.0704 e. The summed E-state index contributed by atoms with van der Waals surface area (Å²) in [5.74, 6) is 0. The van der Waals surface area contributed by atoms with Crippen LogP contribution in [0.4, 0.5) is 0 Å². The van der Waals surface area contributed by atoms with Crippen molar-refractivity contribution in [2.45, 2.75) is 18.5 Å². The minimum atomic E-state index is 0.133. The van der Waals surface area contributed by atoms with Gasteiger partial charge in [0, 0.05) is 19.7 Å². The predicted octanol–water partition coefficient (Wildman–Crippen LogP) is 1.68. The molecule has 92 valence electrons. The molecule has 3 heteroatoms. The number of morpholine rings is 1. The van der Waals surface area contributed by atoms with Gasteiger partial charge in [0.2, 0.25) is 0 Å².